The number of hydrogen-bond acceptors (Lipinski definition) is 3. The lowest BCUT2D eigenvalue weighted by molar-refractivity contribution is 0.496. The van der Waals surface area contributed by atoms with Gasteiger partial charge in [-0.05, 0) is 36.6 Å². The third kappa shape index (κ3) is 5.26. The predicted octanol–water partition coefficient (Wildman–Crippen LogP) is 4.90. The van der Waals surface area contributed by atoms with Crippen molar-refractivity contribution in [2.45, 2.75) is 12.8 Å². The number of hydrogen-bond donors (Lipinski definition) is 2. The topological polar surface area (TPSA) is 66.4 Å². The molecule has 0 aliphatic heterocycles. The number of aryl methyl sites for hydroxylation is 1. The molecule has 0 aromatic heterocycles. The fourth-order valence-electron chi connectivity index (χ4n) is 4.23. The first-order valence-electron chi connectivity index (χ1n) is 11.3. The van der Waals surface area contributed by atoms with Crippen molar-refractivity contribution in [1.29, 1.82) is 0 Å². The van der Waals surface area contributed by atoms with Gasteiger partial charge in [0.25, 0.3) is 0 Å². The highest BCUT2D eigenvalue weighted by atomic mass is 31.2. The SMILES string of the molecule is CP(=O)(O)c1ccccc1CCCNc1ccccc1P(=O)(c1ccccc1)c1ccccc1. The smallest absolute Gasteiger partial charge is 0.226 e. The lowest BCUT2D eigenvalue weighted by atomic mass is 10.1. The molecule has 1 atom stereocenters. The number of nitrogens with one attached hydrogen (secondary N) is 1. The van der Waals surface area contributed by atoms with E-state index in [1.807, 2.05) is 97.1 Å². The van der Waals surface area contributed by atoms with Crippen LogP contribution in [0.1, 0.15) is 12.0 Å². The number of benzene rings is 4. The maximum Gasteiger partial charge on any atom is 0.226 e. The molecule has 0 bridgehead atoms. The maximum atomic E-state index is 14.7. The standard InChI is InChI=1S/C28H29NO3P2/c1-33(30,31)27-20-10-8-13-23(27)14-12-22-29-26-19-9-11-21-28(26)34(32,24-15-4-2-5-16-24)25-17-6-3-7-18-25/h2-11,13,15-21,29H,12,14,22H2,1H3,(H,30,31). The van der Waals surface area contributed by atoms with Crippen LogP contribution in [-0.4, -0.2) is 18.1 Å². The Morgan fingerprint density at radius 3 is 1.76 bits per heavy atom. The Labute approximate surface area is 201 Å². The van der Waals surface area contributed by atoms with E-state index in [4.69, 9.17) is 0 Å². The molecule has 0 radical (unpaired) electrons. The first kappa shape index (κ1) is 24.2. The van der Waals surface area contributed by atoms with Crippen LogP contribution in [0.3, 0.4) is 0 Å². The van der Waals surface area contributed by atoms with Gasteiger partial charge < -0.3 is 14.8 Å². The summed E-state index contributed by atoms with van der Waals surface area (Å²) in [5.74, 6) is 0. The highest BCUT2D eigenvalue weighted by molar-refractivity contribution is 7.85. The Kier molecular flexibility index (Phi) is 7.54. The van der Waals surface area contributed by atoms with Gasteiger partial charge in [0.2, 0.25) is 7.37 Å². The van der Waals surface area contributed by atoms with E-state index in [2.05, 4.69) is 5.32 Å². The normalized spacial score (nSPS) is 13.2. The molecule has 0 fully saturated rings. The van der Waals surface area contributed by atoms with Crippen LogP contribution in [0.5, 0.6) is 0 Å². The van der Waals surface area contributed by atoms with Gasteiger partial charge in [0.15, 0.2) is 7.14 Å². The van der Waals surface area contributed by atoms with Crippen molar-refractivity contribution in [3.8, 4) is 0 Å². The van der Waals surface area contributed by atoms with Gasteiger partial charge in [-0.15, -0.1) is 0 Å². The fourth-order valence-corrected chi connectivity index (χ4v) is 8.14. The average Bonchev–Trinajstić information content (AvgIpc) is 2.87. The van der Waals surface area contributed by atoms with Crippen LogP contribution in [-0.2, 0) is 15.6 Å². The zero-order chi connectivity index (χ0) is 24.0. The molecule has 4 rings (SSSR count). The van der Waals surface area contributed by atoms with E-state index in [-0.39, 0.29) is 0 Å². The number of rotatable bonds is 9. The van der Waals surface area contributed by atoms with E-state index in [0.717, 1.165) is 33.6 Å². The lowest BCUT2D eigenvalue weighted by Gasteiger charge is -2.23. The van der Waals surface area contributed by atoms with Gasteiger partial charge in [-0.3, -0.25) is 4.57 Å². The highest BCUT2D eigenvalue weighted by Crippen LogP contribution is 2.44. The minimum absolute atomic E-state index is 0.521. The summed E-state index contributed by atoms with van der Waals surface area (Å²) in [5.41, 5.74) is 1.74. The van der Waals surface area contributed by atoms with Crippen LogP contribution in [0.4, 0.5) is 5.69 Å². The summed E-state index contributed by atoms with van der Waals surface area (Å²) in [4.78, 5) is 10.1. The van der Waals surface area contributed by atoms with E-state index < -0.39 is 14.5 Å². The molecule has 2 N–H and O–H groups in total. The molecule has 0 aliphatic rings. The zero-order valence-corrected chi connectivity index (χ0v) is 21.0. The van der Waals surface area contributed by atoms with E-state index in [1.165, 1.54) is 6.66 Å². The summed E-state index contributed by atoms with van der Waals surface area (Å²) < 4.78 is 27.0. The third-order valence-corrected chi connectivity index (χ3v) is 10.3. The van der Waals surface area contributed by atoms with Gasteiger partial charge in [-0.1, -0.05) is 91.0 Å². The summed E-state index contributed by atoms with van der Waals surface area (Å²) in [6.45, 7) is 2.03. The van der Waals surface area contributed by atoms with Crippen molar-refractivity contribution >= 4 is 41.4 Å². The van der Waals surface area contributed by atoms with Crippen LogP contribution < -0.4 is 26.5 Å². The summed E-state index contributed by atoms with van der Waals surface area (Å²) in [5, 5.41) is 6.38. The number of anilines is 1. The molecular formula is C28H29NO3P2. The first-order valence-corrected chi connectivity index (χ1v) is 15.2. The van der Waals surface area contributed by atoms with Crippen LogP contribution in [0.2, 0.25) is 0 Å². The Balaban J connectivity index is 1.60. The van der Waals surface area contributed by atoms with Gasteiger partial charge >= 0.3 is 0 Å². The second-order valence-corrected chi connectivity index (χ2v) is 13.3. The summed E-state index contributed by atoms with van der Waals surface area (Å²) in [7, 11) is -6.40. The molecular weight excluding hydrogens is 460 g/mol. The van der Waals surface area contributed by atoms with Crippen molar-refractivity contribution in [1.82, 2.24) is 0 Å². The van der Waals surface area contributed by atoms with E-state index in [1.54, 1.807) is 12.1 Å². The molecule has 4 aromatic rings. The van der Waals surface area contributed by atoms with Crippen LogP contribution >= 0.6 is 14.5 Å². The Morgan fingerprint density at radius 1 is 0.676 bits per heavy atom. The monoisotopic (exact) mass is 489 g/mol. The molecule has 0 saturated heterocycles. The van der Waals surface area contributed by atoms with Gasteiger partial charge in [-0.25, -0.2) is 0 Å². The summed E-state index contributed by atoms with van der Waals surface area (Å²) in [6.07, 6.45) is 1.45. The second-order valence-electron chi connectivity index (χ2n) is 8.34. The molecule has 0 saturated carbocycles. The van der Waals surface area contributed by atoms with Gasteiger partial charge in [0.05, 0.1) is 0 Å². The molecule has 6 heteroatoms. The Bertz CT molecular complexity index is 1290. The molecule has 0 spiro atoms. The van der Waals surface area contributed by atoms with Crippen molar-refractivity contribution in [2.24, 2.45) is 0 Å². The molecule has 0 amide bonds. The lowest BCUT2D eigenvalue weighted by Crippen LogP contribution is -2.27. The zero-order valence-electron chi connectivity index (χ0n) is 19.2. The minimum Gasteiger partial charge on any atom is -0.384 e. The van der Waals surface area contributed by atoms with Crippen molar-refractivity contribution in [2.75, 3.05) is 18.5 Å². The summed E-state index contributed by atoms with van der Waals surface area (Å²) in [6, 6.07) is 34.4. The fraction of sp³-hybridized carbons (Fsp3) is 0.143. The highest BCUT2D eigenvalue weighted by Gasteiger charge is 2.31. The molecule has 4 aromatic carbocycles. The van der Waals surface area contributed by atoms with E-state index >= 15 is 0 Å². The predicted molar refractivity (Wildman–Crippen MR) is 144 cm³/mol. The first-order chi connectivity index (χ1) is 16.4. The van der Waals surface area contributed by atoms with Crippen molar-refractivity contribution < 1.29 is 14.0 Å². The second kappa shape index (κ2) is 10.6. The quantitative estimate of drug-likeness (QED) is 0.259. The minimum atomic E-state index is -3.32. The van der Waals surface area contributed by atoms with Gasteiger partial charge in [0, 0.05) is 40.1 Å². The Morgan fingerprint density at radius 2 is 1.18 bits per heavy atom. The summed E-state index contributed by atoms with van der Waals surface area (Å²) >= 11 is 0. The third-order valence-electron chi connectivity index (χ3n) is 5.86. The molecule has 0 aliphatic carbocycles. The van der Waals surface area contributed by atoms with Crippen molar-refractivity contribution in [3.63, 3.8) is 0 Å². The number of para-hydroxylation sites is 1. The maximum absolute atomic E-state index is 14.7. The van der Waals surface area contributed by atoms with Gasteiger partial charge in [0.1, 0.15) is 0 Å². The Hall–Kier alpha value is -2.90. The molecule has 1 unspecified atom stereocenters. The molecule has 0 heterocycles. The van der Waals surface area contributed by atoms with Gasteiger partial charge in [-0.2, -0.15) is 0 Å². The largest absolute Gasteiger partial charge is 0.384 e. The van der Waals surface area contributed by atoms with E-state index in [0.29, 0.717) is 18.3 Å². The van der Waals surface area contributed by atoms with Crippen LogP contribution in [0, 0.1) is 0 Å². The van der Waals surface area contributed by atoms with Crippen LogP contribution in [0.25, 0.3) is 0 Å². The molecule has 34 heavy (non-hydrogen) atoms. The van der Waals surface area contributed by atoms with Crippen LogP contribution in [0.15, 0.2) is 109 Å². The average molecular weight is 489 g/mol. The van der Waals surface area contributed by atoms with Crippen molar-refractivity contribution in [3.05, 3.63) is 115 Å². The molecule has 4 nitrogen and oxygen atoms in total. The molecule has 174 valence electrons. The van der Waals surface area contributed by atoms with E-state index in [9.17, 15) is 14.0 Å².